The maximum absolute atomic E-state index is 13.2. The average molecular weight is 334 g/mol. The Morgan fingerprint density at radius 1 is 1.46 bits per heavy atom. The normalized spacial score (nSPS) is 10.5. The molecule has 0 bridgehead atoms. The Morgan fingerprint density at radius 3 is 2.88 bits per heavy atom. The fourth-order valence-electron chi connectivity index (χ4n) is 2.58. The molecule has 1 N–H and O–H groups in total. The number of amides is 1. The van der Waals surface area contributed by atoms with Gasteiger partial charge in [-0.15, -0.1) is 0 Å². The lowest BCUT2D eigenvalue weighted by Crippen LogP contribution is -2.28. The molecular formula is C17H23FN4O2. The third-order valence-corrected chi connectivity index (χ3v) is 3.79. The number of hydrogen-bond acceptors (Lipinski definition) is 4. The first-order chi connectivity index (χ1) is 11.4. The van der Waals surface area contributed by atoms with E-state index in [1.807, 2.05) is 18.0 Å². The van der Waals surface area contributed by atoms with Gasteiger partial charge < -0.3 is 15.0 Å². The maximum Gasteiger partial charge on any atom is 0.258 e. The molecule has 130 valence electrons. The van der Waals surface area contributed by atoms with Crippen molar-refractivity contribution in [1.29, 1.82) is 0 Å². The van der Waals surface area contributed by atoms with Crippen LogP contribution in [0.3, 0.4) is 0 Å². The second kappa shape index (κ2) is 7.81. The predicted molar refractivity (Wildman–Crippen MR) is 91.1 cm³/mol. The summed E-state index contributed by atoms with van der Waals surface area (Å²) in [6.45, 7) is 2.98. The van der Waals surface area contributed by atoms with Crippen LogP contribution in [0.2, 0.25) is 0 Å². The number of nitrogens with one attached hydrogen (secondary N) is 1. The molecule has 0 unspecified atom stereocenters. The molecule has 2 rings (SSSR count). The number of aryl methyl sites for hydroxylation is 2. The van der Waals surface area contributed by atoms with Crippen molar-refractivity contribution in [3.8, 4) is 5.88 Å². The number of nitrogens with zero attached hydrogens (tertiary/aromatic N) is 3. The average Bonchev–Trinajstić information content (AvgIpc) is 2.84. The first-order valence-electron chi connectivity index (χ1n) is 7.76. The van der Waals surface area contributed by atoms with E-state index in [1.54, 1.807) is 24.7 Å². The van der Waals surface area contributed by atoms with Gasteiger partial charge in [-0.05, 0) is 31.5 Å². The summed E-state index contributed by atoms with van der Waals surface area (Å²) in [6.07, 6.45) is 0.736. The number of aromatic nitrogens is 2. The van der Waals surface area contributed by atoms with Crippen molar-refractivity contribution in [2.24, 2.45) is 7.05 Å². The van der Waals surface area contributed by atoms with Crippen molar-refractivity contribution in [3.63, 3.8) is 0 Å². The van der Waals surface area contributed by atoms with E-state index in [0.29, 0.717) is 30.2 Å². The number of halogens is 1. The first-order valence-corrected chi connectivity index (χ1v) is 7.76. The predicted octanol–water partition coefficient (Wildman–Crippen LogP) is 2.13. The highest BCUT2D eigenvalue weighted by Crippen LogP contribution is 2.20. The fourth-order valence-corrected chi connectivity index (χ4v) is 2.58. The number of carbonyl (C=O) groups excluding carboxylic acids is 1. The lowest BCUT2D eigenvalue weighted by atomic mass is 10.2. The zero-order valence-electron chi connectivity index (χ0n) is 14.5. The van der Waals surface area contributed by atoms with Gasteiger partial charge in [0.1, 0.15) is 11.4 Å². The van der Waals surface area contributed by atoms with Crippen molar-refractivity contribution < 1.29 is 13.9 Å². The molecule has 1 heterocycles. The summed E-state index contributed by atoms with van der Waals surface area (Å²) >= 11 is 0. The molecule has 0 aliphatic carbocycles. The van der Waals surface area contributed by atoms with E-state index in [0.717, 1.165) is 12.1 Å². The summed E-state index contributed by atoms with van der Waals surface area (Å²) in [7, 11) is 5.14. The molecule has 2 aromatic rings. The minimum Gasteiger partial charge on any atom is -0.481 e. The highest BCUT2D eigenvalue weighted by Gasteiger charge is 2.20. The van der Waals surface area contributed by atoms with E-state index in [2.05, 4.69) is 10.4 Å². The Labute approximate surface area is 141 Å². The SMILES string of the molecule is COc1c(C(=O)NCCCN(C)c2cccc(F)c2)c(C)nn1C. The van der Waals surface area contributed by atoms with Crippen LogP contribution in [0.5, 0.6) is 5.88 Å². The van der Waals surface area contributed by atoms with Crippen LogP contribution in [-0.4, -0.2) is 42.9 Å². The molecule has 0 saturated carbocycles. The van der Waals surface area contributed by atoms with Crippen LogP contribution in [0.1, 0.15) is 22.5 Å². The summed E-state index contributed by atoms with van der Waals surface area (Å²) in [5.74, 6) is -0.0143. The summed E-state index contributed by atoms with van der Waals surface area (Å²) in [6, 6.07) is 6.44. The zero-order chi connectivity index (χ0) is 17.7. The number of carbonyl (C=O) groups is 1. The number of anilines is 1. The van der Waals surface area contributed by atoms with Gasteiger partial charge in [-0.1, -0.05) is 6.07 Å². The molecular weight excluding hydrogens is 311 g/mol. The van der Waals surface area contributed by atoms with Crippen LogP contribution in [-0.2, 0) is 7.05 Å². The molecule has 0 atom stereocenters. The second-order valence-corrected chi connectivity index (χ2v) is 5.60. The van der Waals surface area contributed by atoms with E-state index in [-0.39, 0.29) is 11.7 Å². The van der Waals surface area contributed by atoms with E-state index in [1.165, 1.54) is 19.2 Å². The molecule has 7 heteroatoms. The highest BCUT2D eigenvalue weighted by molar-refractivity contribution is 5.97. The van der Waals surface area contributed by atoms with Gasteiger partial charge in [0.05, 0.1) is 12.8 Å². The maximum atomic E-state index is 13.2. The monoisotopic (exact) mass is 334 g/mol. The highest BCUT2D eigenvalue weighted by atomic mass is 19.1. The van der Waals surface area contributed by atoms with Crippen LogP contribution < -0.4 is 15.0 Å². The van der Waals surface area contributed by atoms with Gasteiger partial charge in [0.25, 0.3) is 5.91 Å². The van der Waals surface area contributed by atoms with E-state index < -0.39 is 0 Å². The molecule has 0 fully saturated rings. The number of methoxy groups -OCH3 is 1. The van der Waals surface area contributed by atoms with E-state index in [9.17, 15) is 9.18 Å². The van der Waals surface area contributed by atoms with Crippen LogP contribution in [0, 0.1) is 12.7 Å². The minimum absolute atomic E-state index is 0.203. The smallest absolute Gasteiger partial charge is 0.258 e. The van der Waals surface area contributed by atoms with Crippen LogP contribution in [0.15, 0.2) is 24.3 Å². The van der Waals surface area contributed by atoms with Gasteiger partial charge in [0, 0.05) is 32.9 Å². The van der Waals surface area contributed by atoms with Gasteiger partial charge in [-0.25, -0.2) is 9.07 Å². The standard InChI is InChI=1S/C17H23FN4O2/c1-12-15(17(24-4)22(3)20-12)16(23)19-9-6-10-21(2)14-8-5-7-13(18)11-14/h5,7-8,11H,6,9-10H2,1-4H3,(H,19,23). The van der Waals surface area contributed by atoms with Crippen LogP contribution in [0.25, 0.3) is 0 Å². The molecule has 0 aliphatic heterocycles. The summed E-state index contributed by atoms with van der Waals surface area (Å²) in [5.41, 5.74) is 1.90. The molecule has 0 aliphatic rings. The van der Waals surface area contributed by atoms with Gasteiger partial charge in [0.15, 0.2) is 0 Å². The van der Waals surface area contributed by atoms with Crippen molar-refractivity contribution in [3.05, 3.63) is 41.3 Å². The summed E-state index contributed by atoms with van der Waals surface area (Å²) < 4.78 is 20.0. The Hall–Kier alpha value is -2.57. The zero-order valence-corrected chi connectivity index (χ0v) is 14.5. The Kier molecular flexibility index (Phi) is 5.78. The number of rotatable bonds is 7. The number of hydrogen-bond donors (Lipinski definition) is 1. The van der Waals surface area contributed by atoms with Gasteiger partial charge in [-0.3, -0.25) is 4.79 Å². The van der Waals surface area contributed by atoms with E-state index in [4.69, 9.17) is 4.74 Å². The molecule has 0 spiro atoms. The van der Waals surface area contributed by atoms with Crippen LogP contribution >= 0.6 is 0 Å². The lowest BCUT2D eigenvalue weighted by Gasteiger charge is -2.19. The Bertz CT molecular complexity index is 715. The number of ether oxygens (including phenoxy) is 1. The summed E-state index contributed by atoms with van der Waals surface area (Å²) in [5, 5.41) is 7.07. The lowest BCUT2D eigenvalue weighted by molar-refractivity contribution is 0.0949. The summed E-state index contributed by atoms with van der Waals surface area (Å²) in [4.78, 5) is 14.3. The Balaban J connectivity index is 1.85. The molecule has 1 amide bonds. The van der Waals surface area contributed by atoms with Crippen molar-refractivity contribution in [1.82, 2.24) is 15.1 Å². The van der Waals surface area contributed by atoms with Crippen molar-refractivity contribution in [2.75, 3.05) is 32.1 Å². The van der Waals surface area contributed by atoms with Crippen molar-refractivity contribution in [2.45, 2.75) is 13.3 Å². The molecule has 1 aromatic carbocycles. The molecule has 0 radical (unpaired) electrons. The first kappa shape index (κ1) is 17.8. The quantitative estimate of drug-likeness (QED) is 0.788. The van der Waals surface area contributed by atoms with Gasteiger partial charge in [0.2, 0.25) is 5.88 Å². The third kappa shape index (κ3) is 4.04. The molecule has 1 aromatic heterocycles. The molecule has 24 heavy (non-hydrogen) atoms. The molecule has 0 saturated heterocycles. The Morgan fingerprint density at radius 2 is 2.21 bits per heavy atom. The van der Waals surface area contributed by atoms with E-state index >= 15 is 0 Å². The minimum atomic E-state index is -0.258. The number of benzene rings is 1. The topological polar surface area (TPSA) is 59.4 Å². The fraction of sp³-hybridized carbons (Fsp3) is 0.412. The third-order valence-electron chi connectivity index (χ3n) is 3.79. The van der Waals surface area contributed by atoms with Crippen molar-refractivity contribution >= 4 is 11.6 Å². The van der Waals surface area contributed by atoms with Crippen LogP contribution in [0.4, 0.5) is 10.1 Å². The largest absolute Gasteiger partial charge is 0.481 e. The second-order valence-electron chi connectivity index (χ2n) is 5.60. The van der Waals surface area contributed by atoms with Gasteiger partial charge >= 0.3 is 0 Å². The molecule has 6 nitrogen and oxygen atoms in total. The van der Waals surface area contributed by atoms with Gasteiger partial charge in [-0.2, -0.15) is 5.10 Å².